The van der Waals surface area contributed by atoms with Gasteiger partial charge in [0.25, 0.3) is 0 Å². The molecule has 22 heavy (non-hydrogen) atoms. The van der Waals surface area contributed by atoms with Gasteiger partial charge in [-0.2, -0.15) is 10.2 Å². The average Bonchev–Trinajstić information content (AvgIpc) is 2.92. The highest BCUT2D eigenvalue weighted by molar-refractivity contribution is 6.31. The third-order valence-electron chi connectivity index (χ3n) is 3.96. The first-order valence-corrected chi connectivity index (χ1v) is 7.66. The van der Waals surface area contributed by atoms with Gasteiger partial charge in [0.15, 0.2) is 0 Å². The van der Waals surface area contributed by atoms with Crippen molar-refractivity contribution in [2.45, 2.75) is 46.7 Å². The number of hydrogen-bond donors (Lipinski definition) is 1. The number of aryl methyl sites for hydroxylation is 3. The number of nitrogens with one attached hydrogen (secondary N) is 1. The van der Waals surface area contributed by atoms with E-state index in [2.05, 4.69) is 15.5 Å². The Morgan fingerprint density at radius 1 is 1.36 bits per heavy atom. The Kier molecular flexibility index (Phi) is 4.90. The van der Waals surface area contributed by atoms with Crippen LogP contribution in [0.3, 0.4) is 0 Å². The summed E-state index contributed by atoms with van der Waals surface area (Å²) in [5.41, 5.74) is 3.77. The summed E-state index contributed by atoms with van der Waals surface area (Å²) in [4.78, 5) is 12.1. The Balaban J connectivity index is 1.93. The first-order chi connectivity index (χ1) is 10.3. The van der Waals surface area contributed by atoms with E-state index in [1.54, 1.807) is 15.6 Å². The second-order valence-corrected chi connectivity index (χ2v) is 5.93. The molecule has 0 bridgehead atoms. The fourth-order valence-corrected chi connectivity index (χ4v) is 2.57. The van der Waals surface area contributed by atoms with E-state index in [0.29, 0.717) is 18.0 Å². The lowest BCUT2D eigenvalue weighted by atomic mass is 10.1. The largest absolute Gasteiger partial charge is 0.349 e. The summed E-state index contributed by atoms with van der Waals surface area (Å²) >= 11 is 6.10. The number of aromatic nitrogens is 4. The summed E-state index contributed by atoms with van der Waals surface area (Å²) in [6.07, 6.45) is 2.16. The minimum Gasteiger partial charge on any atom is -0.349 e. The molecule has 1 atom stereocenters. The van der Waals surface area contributed by atoms with E-state index in [1.807, 2.05) is 34.7 Å². The van der Waals surface area contributed by atoms with Gasteiger partial charge in [-0.3, -0.25) is 14.2 Å². The zero-order valence-electron chi connectivity index (χ0n) is 13.6. The van der Waals surface area contributed by atoms with Crippen LogP contribution >= 0.6 is 11.6 Å². The smallest absolute Gasteiger partial charge is 0.222 e. The van der Waals surface area contributed by atoms with Crippen LogP contribution in [0.25, 0.3) is 0 Å². The predicted molar refractivity (Wildman–Crippen MR) is 85.8 cm³/mol. The van der Waals surface area contributed by atoms with Crippen LogP contribution in [-0.4, -0.2) is 25.5 Å². The summed E-state index contributed by atoms with van der Waals surface area (Å²) < 4.78 is 3.58. The molecule has 2 rings (SSSR count). The summed E-state index contributed by atoms with van der Waals surface area (Å²) in [6.45, 7) is 8.23. The minimum atomic E-state index is -0.0646. The van der Waals surface area contributed by atoms with Gasteiger partial charge in [-0.15, -0.1) is 0 Å². The molecule has 1 N–H and O–H groups in total. The number of hydrogen-bond acceptors (Lipinski definition) is 3. The zero-order valence-corrected chi connectivity index (χ0v) is 14.4. The van der Waals surface area contributed by atoms with Crippen LogP contribution in [0, 0.1) is 20.8 Å². The van der Waals surface area contributed by atoms with Crippen molar-refractivity contribution in [2.75, 3.05) is 0 Å². The molecule has 0 spiro atoms. The molecule has 0 aliphatic rings. The first-order valence-electron chi connectivity index (χ1n) is 7.28. The van der Waals surface area contributed by atoms with Crippen LogP contribution in [0.4, 0.5) is 0 Å². The molecule has 0 radical (unpaired) electrons. The maximum Gasteiger partial charge on any atom is 0.222 e. The molecule has 0 saturated heterocycles. The van der Waals surface area contributed by atoms with E-state index in [-0.39, 0.29) is 11.9 Å². The molecule has 0 aliphatic heterocycles. The Bertz CT molecular complexity index is 688. The average molecular weight is 324 g/mol. The fourth-order valence-electron chi connectivity index (χ4n) is 2.43. The lowest BCUT2D eigenvalue weighted by molar-refractivity contribution is -0.122. The number of nitrogens with zero attached hydrogens (tertiary/aromatic N) is 4. The lowest BCUT2D eigenvalue weighted by Gasteiger charge is -2.14. The number of halogens is 1. The van der Waals surface area contributed by atoms with Crippen molar-refractivity contribution in [1.82, 2.24) is 24.9 Å². The van der Waals surface area contributed by atoms with E-state index in [0.717, 1.165) is 22.6 Å². The van der Waals surface area contributed by atoms with Gasteiger partial charge in [-0.25, -0.2) is 0 Å². The number of amides is 1. The van der Waals surface area contributed by atoms with E-state index in [4.69, 9.17) is 11.6 Å². The Morgan fingerprint density at radius 3 is 2.55 bits per heavy atom. The summed E-state index contributed by atoms with van der Waals surface area (Å²) in [7, 11) is 1.89. The van der Waals surface area contributed by atoms with Gasteiger partial charge in [0.2, 0.25) is 5.91 Å². The molecular formula is C15H22ClN5O. The highest BCUT2D eigenvalue weighted by Crippen LogP contribution is 2.19. The highest BCUT2D eigenvalue weighted by Gasteiger charge is 2.15. The van der Waals surface area contributed by atoms with Gasteiger partial charge in [0.1, 0.15) is 0 Å². The van der Waals surface area contributed by atoms with Crippen molar-refractivity contribution in [3.05, 3.63) is 33.9 Å². The summed E-state index contributed by atoms with van der Waals surface area (Å²) in [5.74, 6) is -0.0144. The molecule has 2 heterocycles. The van der Waals surface area contributed by atoms with E-state index >= 15 is 0 Å². The molecule has 1 unspecified atom stereocenters. The van der Waals surface area contributed by atoms with Crippen molar-refractivity contribution in [3.8, 4) is 0 Å². The van der Waals surface area contributed by atoms with Crippen LogP contribution in [0.1, 0.15) is 42.0 Å². The van der Waals surface area contributed by atoms with Gasteiger partial charge in [-0.1, -0.05) is 11.6 Å². The normalized spacial score (nSPS) is 12.5. The van der Waals surface area contributed by atoms with Gasteiger partial charge in [0, 0.05) is 24.7 Å². The highest BCUT2D eigenvalue weighted by atomic mass is 35.5. The fraction of sp³-hybridized carbons (Fsp3) is 0.533. The van der Waals surface area contributed by atoms with Crippen LogP contribution in [0.2, 0.25) is 5.02 Å². The SMILES string of the molecule is Cc1nn(CCC(=O)NC(C)c2cnn(C)c2C)c(C)c1Cl. The molecule has 2 aromatic rings. The third-order valence-corrected chi connectivity index (χ3v) is 4.51. The number of carbonyl (C=O) groups excluding carboxylic acids is 1. The molecule has 2 aromatic heterocycles. The summed E-state index contributed by atoms with van der Waals surface area (Å²) in [5, 5.41) is 12.2. The molecule has 7 heteroatoms. The molecule has 6 nitrogen and oxygen atoms in total. The van der Waals surface area contributed by atoms with E-state index in [9.17, 15) is 4.79 Å². The molecule has 120 valence electrons. The molecular weight excluding hydrogens is 302 g/mol. The zero-order chi connectivity index (χ0) is 16.4. The second kappa shape index (κ2) is 6.52. The molecule has 0 saturated carbocycles. The van der Waals surface area contributed by atoms with Crippen molar-refractivity contribution in [3.63, 3.8) is 0 Å². The van der Waals surface area contributed by atoms with Crippen LogP contribution in [0.5, 0.6) is 0 Å². The van der Waals surface area contributed by atoms with Crippen LogP contribution in [-0.2, 0) is 18.4 Å². The molecule has 0 aliphatic carbocycles. The van der Waals surface area contributed by atoms with Crippen molar-refractivity contribution >= 4 is 17.5 Å². The number of rotatable bonds is 5. The second-order valence-electron chi connectivity index (χ2n) is 5.56. The number of carbonyl (C=O) groups is 1. The topological polar surface area (TPSA) is 64.7 Å². The van der Waals surface area contributed by atoms with Crippen molar-refractivity contribution < 1.29 is 4.79 Å². The third kappa shape index (κ3) is 3.32. The maximum atomic E-state index is 12.1. The Morgan fingerprint density at radius 2 is 2.05 bits per heavy atom. The van der Waals surface area contributed by atoms with Gasteiger partial charge in [-0.05, 0) is 27.7 Å². The predicted octanol–water partition coefficient (Wildman–Crippen LogP) is 2.46. The monoisotopic (exact) mass is 323 g/mol. The van der Waals surface area contributed by atoms with Gasteiger partial charge in [0.05, 0.1) is 35.2 Å². The first kappa shape index (κ1) is 16.5. The van der Waals surface area contributed by atoms with Crippen molar-refractivity contribution in [1.29, 1.82) is 0 Å². The van der Waals surface area contributed by atoms with Gasteiger partial charge < -0.3 is 5.32 Å². The van der Waals surface area contributed by atoms with Gasteiger partial charge >= 0.3 is 0 Å². The standard InChI is InChI=1S/C15H22ClN5O/c1-9(13-8-17-20(5)11(13)3)18-14(22)6-7-21-12(4)15(16)10(2)19-21/h8-9H,6-7H2,1-5H3,(H,18,22). The van der Waals surface area contributed by atoms with E-state index in [1.165, 1.54) is 0 Å². The van der Waals surface area contributed by atoms with Crippen LogP contribution < -0.4 is 5.32 Å². The molecule has 1 amide bonds. The minimum absolute atomic E-state index is 0.0144. The van der Waals surface area contributed by atoms with Crippen LogP contribution in [0.15, 0.2) is 6.20 Å². The van der Waals surface area contributed by atoms with E-state index < -0.39 is 0 Å². The Hall–Kier alpha value is -1.82. The molecule has 0 fully saturated rings. The summed E-state index contributed by atoms with van der Waals surface area (Å²) in [6, 6.07) is -0.0646. The van der Waals surface area contributed by atoms with Crippen molar-refractivity contribution in [2.24, 2.45) is 7.05 Å². The quantitative estimate of drug-likeness (QED) is 0.919. The maximum absolute atomic E-state index is 12.1. The lowest BCUT2D eigenvalue weighted by Crippen LogP contribution is -2.28. The Labute approximate surface area is 135 Å². The molecule has 0 aromatic carbocycles.